The van der Waals surface area contributed by atoms with E-state index in [4.69, 9.17) is 0 Å². The van der Waals surface area contributed by atoms with Crippen molar-refractivity contribution in [1.82, 2.24) is 15.2 Å². The van der Waals surface area contributed by atoms with Gasteiger partial charge in [0.1, 0.15) is 0 Å². The van der Waals surface area contributed by atoms with Crippen LogP contribution < -0.4 is 5.32 Å². The van der Waals surface area contributed by atoms with E-state index in [2.05, 4.69) is 24.1 Å². The second-order valence-electron chi connectivity index (χ2n) is 4.44. The van der Waals surface area contributed by atoms with Crippen molar-refractivity contribution in [2.75, 3.05) is 13.1 Å². The van der Waals surface area contributed by atoms with Crippen LogP contribution in [0.25, 0.3) is 0 Å². The quantitative estimate of drug-likeness (QED) is 0.842. The van der Waals surface area contributed by atoms with Crippen LogP contribution in [0.5, 0.6) is 0 Å². The minimum Gasteiger partial charge on any atom is -0.331 e. The van der Waals surface area contributed by atoms with Gasteiger partial charge in [-0.05, 0) is 37.5 Å². The summed E-state index contributed by atoms with van der Waals surface area (Å²) in [6.07, 6.45) is 5.45. The van der Waals surface area contributed by atoms with Crippen molar-refractivity contribution in [2.45, 2.75) is 39.7 Å². The van der Waals surface area contributed by atoms with Crippen molar-refractivity contribution in [3.05, 3.63) is 30.1 Å². The Balaban J connectivity index is 2.57. The predicted octanol–water partition coefficient (Wildman–Crippen LogP) is 2.97. The Morgan fingerprint density at radius 3 is 2.33 bits per heavy atom. The summed E-state index contributed by atoms with van der Waals surface area (Å²) >= 11 is 0. The van der Waals surface area contributed by atoms with Crippen LogP contribution in [0.1, 0.15) is 45.2 Å². The van der Waals surface area contributed by atoms with Crippen molar-refractivity contribution in [3.63, 3.8) is 0 Å². The third-order valence-electron chi connectivity index (χ3n) is 2.82. The van der Waals surface area contributed by atoms with Gasteiger partial charge < -0.3 is 10.2 Å². The number of hydrogen-bond donors (Lipinski definition) is 1. The van der Waals surface area contributed by atoms with Crippen molar-refractivity contribution >= 4 is 6.03 Å². The molecule has 100 valence electrons. The van der Waals surface area contributed by atoms with Crippen LogP contribution in [0.3, 0.4) is 0 Å². The molecule has 0 aliphatic rings. The van der Waals surface area contributed by atoms with Gasteiger partial charge in [0.25, 0.3) is 0 Å². The molecule has 1 aromatic rings. The third-order valence-corrected chi connectivity index (χ3v) is 2.82. The number of rotatable bonds is 6. The second kappa shape index (κ2) is 7.69. The summed E-state index contributed by atoms with van der Waals surface area (Å²) < 4.78 is 0. The number of nitrogens with zero attached hydrogens (tertiary/aromatic N) is 2. The van der Waals surface area contributed by atoms with Gasteiger partial charge in [-0.1, -0.05) is 13.8 Å². The number of hydrogen-bond acceptors (Lipinski definition) is 2. The van der Waals surface area contributed by atoms with E-state index in [0.717, 1.165) is 31.5 Å². The minimum absolute atomic E-state index is 0.0108. The first-order valence-corrected chi connectivity index (χ1v) is 6.64. The fraction of sp³-hybridized carbons (Fsp3) is 0.571. The molecule has 0 aliphatic heterocycles. The molecule has 0 aliphatic carbocycles. The largest absolute Gasteiger partial charge is 0.331 e. The predicted molar refractivity (Wildman–Crippen MR) is 73.3 cm³/mol. The molecule has 0 saturated carbocycles. The molecule has 0 spiro atoms. The summed E-state index contributed by atoms with van der Waals surface area (Å²) in [6.45, 7) is 7.78. The zero-order valence-electron chi connectivity index (χ0n) is 11.5. The van der Waals surface area contributed by atoms with E-state index in [-0.39, 0.29) is 12.1 Å². The molecule has 1 heterocycles. The number of urea groups is 1. The molecule has 18 heavy (non-hydrogen) atoms. The van der Waals surface area contributed by atoms with Gasteiger partial charge in [0.15, 0.2) is 0 Å². The topological polar surface area (TPSA) is 45.2 Å². The molecule has 1 unspecified atom stereocenters. The molecule has 1 aromatic heterocycles. The first-order valence-electron chi connectivity index (χ1n) is 6.64. The van der Waals surface area contributed by atoms with Gasteiger partial charge in [0, 0.05) is 25.5 Å². The van der Waals surface area contributed by atoms with E-state index < -0.39 is 0 Å². The van der Waals surface area contributed by atoms with Crippen molar-refractivity contribution in [1.29, 1.82) is 0 Å². The monoisotopic (exact) mass is 249 g/mol. The number of pyridine rings is 1. The van der Waals surface area contributed by atoms with Gasteiger partial charge in [-0.25, -0.2) is 4.79 Å². The summed E-state index contributed by atoms with van der Waals surface area (Å²) in [7, 11) is 0. The zero-order valence-corrected chi connectivity index (χ0v) is 11.5. The number of carbonyl (C=O) groups is 1. The maximum atomic E-state index is 12.1. The molecule has 0 saturated heterocycles. The summed E-state index contributed by atoms with van der Waals surface area (Å²) in [5, 5.41) is 3.03. The first-order chi connectivity index (χ1) is 8.69. The summed E-state index contributed by atoms with van der Waals surface area (Å²) in [4.78, 5) is 18.0. The number of nitrogens with one attached hydrogen (secondary N) is 1. The normalized spacial score (nSPS) is 11.9. The van der Waals surface area contributed by atoms with Crippen molar-refractivity contribution in [2.24, 2.45) is 0 Å². The van der Waals surface area contributed by atoms with Crippen LogP contribution in [0.4, 0.5) is 4.79 Å². The second-order valence-corrected chi connectivity index (χ2v) is 4.44. The van der Waals surface area contributed by atoms with Crippen molar-refractivity contribution in [3.8, 4) is 0 Å². The maximum absolute atomic E-state index is 12.1. The van der Waals surface area contributed by atoms with Crippen LogP contribution in [0.2, 0.25) is 0 Å². The molecule has 1 rings (SSSR count). The first kappa shape index (κ1) is 14.5. The molecule has 1 atom stereocenters. The molecule has 1 N–H and O–H groups in total. The highest BCUT2D eigenvalue weighted by atomic mass is 16.2. The Hall–Kier alpha value is -1.58. The summed E-state index contributed by atoms with van der Waals surface area (Å²) in [6, 6.07) is 3.88. The Bertz CT molecular complexity index is 347. The third kappa shape index (κ3) is 4.35. The highest BCUT2D eigenvalue weighted by Gasteiger charge is 2.14. The number of carbonyl (C=O) groups excluding carboxylic acids is 1. The zero-order chi connectivity index (χ0) is 13.4. The lowest BCUT2D eigenvalue weighted by atomic mass is 10.1. The van der Waals surface area contributed by atoms with Crippen LogP contribution in [-0.4, -0.2) is 29.0 Å². The molecule has 4 nitrogen and oxygen atoms in total. The van der Waals surface area contributed by atoms with E-state index in [1.807, 2.05) is 24.0 Å². The average molecular weight is 249 g/mol. The Morgan fingerprint density at radius 1 is 1.28 bits per heavy atom. The summed E-state index contributed by atoms with van der Waals surface area (Å²) in [5.74, 6) is 0. The minimum atomic E-state index is 0.0108. The number of amides is 2. The lowest BCUT2D eigenvalue weighted by Crippen LogP contribution is -2.41. The highest BCUT2D eigenvalue weighted by molar-refractivity contribution is 5.74. The Kier molecular flexibility index (Phi) is 6.19. The van der Waals surface area contributed by atoms with Gasteiger partial charge in [-0.2, -0.15) is 0 Å². The summed E-state index contributed by atoms with van der Waals surface area (Å²) in [5.41, 5.74) is 1.08. The highest BCUT2D eigenvalue weighted by Crippen LogP contribution is 2.10. The van der Waals surface area contributed by atoms with Crippen LogP contribution in [0.15, 0.2) is 24.5 Å². The molecular formula is C14H23N3O. The van der Waals surface area contributed by atoms with E-state index >= 15 is 0 Å². The SMILES string of the molecule is CCCN(CCC)C(=O)NC(C)c1ccncc1. The molecule has 0 radical (unpaired) electrons. The Morgan fingerprint density at radius 2 is 1.83 bits per heavy atom. The number of aromatic nitrogens is 1. The smallest absolute Gasteiger partial charge is 0.317 e. The molecule has 0 aromatic carbocycles. The van der Waals surface area contributed by atoms with Gasteiger partial charge in [0.05, 0.1) is 6.04 Å². The fourth-order valence-corrected chi connectivity index (χ4v) is 1.87. The van der Waals surface area contributed by atoms with Gasteiger partial charge >= 0.3 is 6.03 Å². The van der Waals surface area contributed by atoms with Crippen LogP contribution >= 0.6 is 0 Å². The van der Waals surface area contributed by atoms with Crippen molar-refractivity contribution < 1.29 is 4.79 Å². The van der Waals surface area contributed by atoms with E-state index in [0.29, 0.717) is 0 Å². The fourth-order valence-electron chi connectivity index (χ4n) is 1.87. The molecule has 0 fully saturated rings. The molecule has 2 amide bonds. The average Bonchev–Trinajstić information content (AvgIpc) is 2.39. The van der Waals surface area contributed by atoms with Crippen LogP contribution in [0, 0.1) is 0 Å². The lowest BCUT2D eigenvalue weighted by molar-refractivity contribution is 0.194. The van der Waals surface area contributed by atoms with E-state index in [1.165, 1.54) is 0 Å². The molecular weight excluding hydrogens is 226 g/mol. The lowest BCUT2D eigenvalue weighted by Gasteiger charge is -2.24. The van der Waals surface area contributed by atoms with Gasteiger partial charge in [-0.15, -0.1) is 0 Å². The maximum Gasteiger partial charge on any atom is 0.317 e. The Labute approximate surface area is 109 Å². The standard InChI is InChI=1S/C14H23N3O/c1-4-10-17(11-5-2)14(18)16-12(3)13-6-8-15-9-7-13/h6-9,12H,4-5,10-11H2,1-3H3,(H,16,18). The van der Waals surface area contributed by atoms with Crippen LogP contribution in [-0.2, 0) is 0 Å². The molecule has 0 bridgehead atoms. The van der Waals surface area contributed by atoms with E-state index in [9.17, 15) is 4.79 Å². The van der Waals surface area contributed by atoms with Gasteiger partial charge in [-0.3, -0.25) is 4.98 Å². The van der Waals surface area contributed by atoms with E-state index in [1.54, 1.807) is 12.4 Å². The molecule has 4 heteroatoms. The van der Waals surface area contributed by atoms with Gasteiger partial charge in [0.2, 0.25) is 0 Å².